The SMILES string of the molecule is C=CCc1cc(/C=C2\C(=O)NC(=O)N(c3ccc(C(=O)OC)cc3)C2=O)cc(OCC)c1OC. The van der Waals surface area contributed by atoms with E-state index in [0.29, 0.717) is 30.1 Å². The molecular weight excluding hydrogens is 440 g/mol. The second-order valence-electron chi connectivity index (χ2n) is 7.13. The highest BCUT2D eigenvalue weighted by atomic mass is 16.5. The monoisotopic (exact) mass is 464 g/mol. The van der Waals surface area contributed by atoms with Crippen LogP contribution in [0.3, 0.4) is 0 Å². The van der Waals surface area contributed by atoms with Crippen molar-refractivity contribution in [2.24, 2.45) is 0 Å². The van der Waals surface area contributed by atoms with Crippen LogP contribution in [0.5, 0.6) is 11.5 Å². The van der Waals surface area contributed by atoms with Crippen LogP contribution in [-0.4, -0.2) is 44.6 Å². The van der Waals surface area contributed by atoms with Crippen molar-refractivity contribution >= 4 is 35.6 Å². The van der Waals surface area contributed by atoms with Crippen LogP contribution in [0.1, 0.15) is 28.4 Å². The summed E-state index contributed by atoms with van der Waals surface area (Å²) >= 11 is 0. The molecule has 0 aliphatic carbocycles. The van der Waals surface area contributed by atoms with E-state index < -0.39 is 23.8 Å². The molecule has 1 heterocycles. The largest absolute Gasteiger partial charge is 0.493 e. The van der Waals surface area contributed by atoms with Crippen LogP contribution in [0, 0.1) is 0 Å². The summed E-state index contributed by atoms with van der Waals surface area (Å²) in [4.78, 5) is 50.7. The Labute approximate surface area is 196 Å². The zero-order valence-corrected chi connectivity index (χ0v) is 19.0. The first-order valence-electron chi connectivity index (χ1n) is 10.4. The molecule has 0 radical (unpaired) electrons. The predicted octanol–water partition coefficient (Wildman–Crippen LogP) is 3.28. The number of nitrogens with one attached hydrogen (secondary N) is 1. The van der Waals surface area contributed by atoms with Gasteiger partial charge in [0.15, 0.2) is 11.5 Å². The molecule has 0 bridgehead atoms. The second kappa shape index (κ2) is 10.5. The Morgan fingerprint density at radius 2 is 1.82 bits per heavy atom. The number of methoxy groups -OCH3 is 2. The lowest BCUT2D eigenvalue weighted by molar-refractivity contribution is -0.122. The molecule has 3 rings (SSSR count). The van der Waals surface area contributed by atoms with Crippen LogP contribution < -0.4 is 19.7 Å². The fourth-order valence-electron chi connectivity index (χ4n) is 3.49. The molecule has 1 saturated heterocycles. The van der Waals surface area contributed by atoms with Gasteiger partial charge in [-0.1, -0.05) is 6.08 Å². The van der Waals surface area contributed by atoms with Gasteiger partial charge in [0.05, 0.1) is 32.1 Å². The molecule has 4 amide bonds. The van der Waals surface area contributed by atoms with Gasteiger partial charge in [-0.15, -0.1) is 6.58 Å². The number of amides is 4. The van der Waals surface area contributed by atoms with Crippen molar-refractivity contribution in [3.63, 3.8) is 0 Å². The molecule has 2 aromatic rings. The maximum atomic E-state index is 13.2. The smallest absolute Gasteiger partial charge is 0.337 e. The highest BCUT2D eigenvalue weighted by Crippen LogP contribution is 2.34. The molecule has 1 N–H and O–H groups in total. The first-order valence-corrected chi connectivity index (χ1v) is 10.4. The van der Waals surface area contributed by atoms with Gasteiger partial charge in [0.25, 0.3) is 11.8 Å². The third-order valence-electron chi connectivity index (χ3n) is 4.98. The Kier molecular flexibility index (Phi) is 7.47. The van der Waals surface area contributed by atoms with Crippen LogP contribution in [0.25, 0.3) is 6.08 Å². The molecule has 176 valence electrons. The van der Waals surface area contributed by atoms with Gasteiger partial charge in [0, 0.05) is 5.56 Å². The first-order chi connectivity index (χ1) is 16.3. The van der Waals surface area contributed by atoms with E-state index >= 15 is 0 Å². The van der Waals surface area contributed by atoms with E-state index in [9.17, 15) is 19.2 Å². The summed E-state index contributed by atoms with van der Waals surface area (Å²) in [6.07, 6.45) is 3.55. The zero-order chi connectivity index (χ0) is 24.8. The number of imide groups is 2. The van der Waals surface area contributed by atoms with E-state index in [-0.39, 0.29) is 16.8 Å². The summed E-state index contributed by atoms with van der Waals surface area (Å²) < 4.78 is 15.8. The third kappa shape index (κ3) is 4.83. The summed E-state index contributed by atoms with van der Waals surface area (Å²) in [6.45, 7) is 5.95. The van der Waals surface area contributed by atoms with Crippen LogP contribution in [0.15, 0.2) is 54.6 Å². The topological polar surface area (TPSA) is 111 Å². The summed E-state index contributed by atoms with van der Waals surface area (Å²) in [7, 11) is 2.77. The minimum atomic E-state index is -0.893. The molecule has 0 unspecified atom stereocenters. The molecule has 0 atom stereocenters. The summed E-state index contributed by atoms with van der Waals surface area (Å²) in [6, 6.07) is 8.17. The Morgan fingerprint density at radius 3 is 2.41 bits per heavy atom. The predicted molar refractivity (Wildman–Crippen MR) is 125 cm³/mol. The van der Waals surface area contributed by atoms with Gasteiger partial charge in [0.2, 0.25) is 0 Å². The number of carbonyl (C=O) groups excluding carboxylic acids is 4. The summed E-state index contributed by atoms with van der Waals surface area (Å²) in [5, 5.41) is 2.17. The lowest BCUT2D eigenvalue weighted by Crippen LogP contribution is -2.54. The van der Waals surface area contributed by atoms with Gasteiger partial charge in [-0.3, -0.25) is 14.9 Å². The van der Waals surface area contributed by atoms with Crippen molar-refractivity contribution in [1.29, 1.82) is 0 Å². The van der Waals surface area contributed by atoms with E-state index in [4.69, 9.17) is 9.47 Å². The van der Waals surface area contributed by atoms with Gasteiger partial charge in [-0.2, -0.15) is 0 Å². The zero-order valence-electron chi connectivity index (χ0n) is 19.0. The van der Waals surface area contributed by atoms with Gasteiger partial charge in [-0.05, 0) is 61.4 Å². The number of urea groups is 1. The maximum absolute atomic E-state index is 13.2. The standard InChI is InChI=1S/C25H24N2O7/c1-5-7-17-12-15(14-20(34-6-2)21(17)32-3)13-19-22(28)26-25(31)27(23(19)29)18-10-8-16(9-11-18)24(30)33-4/h5,8-14H,1,6-7H2,2-4H3,(H,26,28,31)/b19-13+. The number of barbiturate groups is 1. The normalized spacial score (nSPS) is 14.6. The van der Waals surface area contributed by atoms with Gasteiger partial charge in [0.1, 0.15) is 5.57 Å². The number of ether oxygens (including phenoxy) is 3. The minimum Gasteiger partial charge on any atom is -0.493 e. The Morgan fingerprint density at radius 1 is 1.12 bits per heavy atom. The van der Waals surface area contributed by atoms with E-state index in [1.54, 1.807) is 18.2 Å². The molecular formula is C25H24N2O7. The minimum absolute atomic E-state index is 0.186. The first kappa shape index (κ1) is 24.2. The molecule has 9 heteroatoms. The molecule has 34 heavy (non-hydrogen) atoms. The van der Waals surface area contributed by atoms with Crippen molar-refractivity contribution in [2.45, 2.75) is 13.3 Å². The number of rotatable bonds is 8. The van der Waals surface area contributed by atoms with Crippen molar-refractivity contribution < 1.29 is 33.4 Å². The van der Waals surface area contributed by atoms with Crippen LogP contribution in [0.4, 0.5) is 10.5 Å². The molecule has 2 aromatic carbocycles. The fraction of sp³-hybridized carbons (Fsp3) is 0.200. The Balaban J connectivity index is 2.03. The Hall–Kier alpha value is -4.40. The molecule has 0 aromatic heterocycles. The lowest BCUT2D eigenvalue weighted by Gasteiger charge is -2.26. The maximum Gasteiger partial charge on any atom is 0.337 e. The summed E-state index contributed by atoms with van der Waals surface area (Å²) in [5.41, 5.74) is 1.46. The van der Waals surface area contributed by atoms with E-state index in [1.165, 1.54) is 44.6 Å². The van der Waals surface area contributed by atoms with Crippen LogP contribution >= 0.6 is 0 Å². The van der Waals surface area contributed by atoms with Gasteiger partial charge in [-0.25, -0.2) is 14.5 Å². The Bertz CT molecular complexity index is 1180. The van der Waals surface area contributed by atoms with Crippen molar-refractivity contribution in [3.8, 4) is 11.5 Å². The van der Waals surface area contributed by atoms with Crippen molar-refractivity contribution in [1.82, 2.24) is 5.32 Å². The van der Waals surface area contributed by atoms with Crippen molar-refractivity contribution in [2.75, 3.05) is 25.7 Å². The van der Waals surface area contributed by atoms with Gasteiger partial charge < -0.3 is 14.2 Å². The van der Waals surface area contributed by atoms with E-state index in [1.807, 2.05) is 6.92 Å². The number of hydrogen-bond acceptors (Lipinski definition) is 7. The average molecular weight is 464 g/mol. The fourth-order valence-corrected chi connectivity index (χ4v) is 3.49. The molecule has 1 aliphatic heterocycles. The number of benzene rings is 2. The molecule has 0 saturated carbocycles. The number of nitrogens with zero attached hydrogens (tertiary/aromatic N) is 1. The van der Waals surface area contributed by atoms with E-state index in [2.05, 4.69) is 16.6 Å². The number of esters is 1. The number of allylic oxidation sites excluding steroid dienone is 1. The second-order valence-corrected chi connectivity index (χ2v) is 7.13. The van der Waals surface area contributed by atoms with Crippen molar-refractivity contribution in [3.05, 3.63) is 71.3 Å². The average Bonchev–Trinajstić information content (AvgIpc) is 2.82. The quantitative estimate of drug-likeness (QED) is 0.276. The van der Waals surface area contributed by atoms with Gasteiger partial charge >= 0.3 is 12.0 Å². The number of anilines is 1. The third-order valence-corrected chi connectivity index (χ3v) is 4.98. The molecule has 1 fully saturated rings. The van der Waals surface area contributed by atoms with Crippen LogP contribution in [-0.2, 0) is 20.7 Å². The molecule has 0 spiro atoms. The van der Waals surface area contributed by atoms with E-state index in [0.717, 1.165) is 10.5 Å². The van der Waals surface area contributed by atoms with Crippen LogP contribution in [0.2, 0.25) is 0 Å². The lowest BCUT2D eigenvalue weighted by atomic mass is 10.0. The molecule has 9 nitrogen and oxygen atoms in total. The number of carbonyl (C=O) groups is 4. The number of hydrogen-bond donors (Lipinski definition) is 1. The molecule has 1 aliphatic rings. The highest BCUT2D eigenvalue weighted by Gasteiger charge is 2.37. The summed E-state index contributed by atoms with van der Waals surface area (Å²) in [5.74, 6) is -1.20. The highest BCUT2D eigenvalue weighted by molar-refractivity contribution is 6.39.